The molecule has 0 spiro atoms. The van der Waals surface area contributed by atoms with Gasteiger partial charge in [0, 0.05) is 13.0 Å². The van der Waals surface area contributed by atoms with Gasteiger partial charge < -0.3 is 4.74 Å². The van der Waals surface area contributed by atoms with Gasteiger partial charge in [-0.15, -0.1) is 0 Å². The van der Waals surface area contributed by atoms with Gasteiger partial charge in [0.1, 0.15) is 0 Å². The summed E-state index contributed by atoms with van der Waals surface area (Å²) in [5.41, 5.74) is 0. The Balaban J connectivity index is 1.97. The lowest BCUT2D eigenvalue weighted by molar-refractivity contribution is -0.129. The normalized spacial score (nSPS) is 27.8. The number of carbonyl (C=O) groups excluding carboxylic acids is 2. The number of hydrogen-bond donors (Lipinski definition) is 0. The summed E-state index contributed by atoms with van der Waals surface area (Å²) in [6.45, 7) is 3.21. The Morgan fingerprint density at radius 2 is 2.17 bits per heavy atom. The first-order valence-corrected chi connectivity index (χ1v) is 7.20. The van der Waals surface area contributed by atoms with Crippen molar-refractivity contribution < 1.29 is 14.3 Å². The van der Waals surface area contributed by atoms with Crippen LogP contribution in [0.25, 0.3) is 0 Å². The minimum atomic E-state index is -0.284. The van der Waals surface area contributed by atoms with E-state index >= 15 is 0 Å². The molecule has 2 atom stereocenters. The summed E-state index contributed by atoms with van der Waals surface area (Å²) in [6.07, 6.45) is 6.38. The summed E-state index contributed by atoms with van der Waals surface area (Å²) in [5, 5.41) is 0. The van der Waals surface area contributed by atoms with E-state index in [4.69, 9.17) is 4.74 Å². The molecular formula is C14H23NO3. The second-order valence-electron chi connectivity index (χ2n) is 5.37. The van der Waals surface area contributed by atoms with Crippen LogP contribution in [-0.2, 0) is 9.53 Å². The van der Waals surface area contributed by atoms with Gasteiger partial charge in [0.05, 0.1) is 12.6 Å². The Hall–Kier alpha value is -1.06. The lowest BCUT2D eigenvalue weighted by Gasteiger charge is -2.42. The first-order valence-electron chi connectivity index (χ1n) is 7.20. The van der Waals surface area contributed by atoms with E-state index in [2.05, 4.69) is 6.92 Å². The zero-order chi connectivity index (χ0) is 13.0. The number of carbonyl (C=O) groups is 2. The molecule has 0 aromatic carbocycles. The number of likely N-dealkylation sites (tertiary alicyclic amines) is 1. The topological polar surface area (TPSA) is 46.6 Å². The van der Waals surface area contributed by atoms with E-state index in [-0.39, 0.29) is 17.9 Å². The van der Waals surface area contributed by atoms with Gasteiger partial charge in [-0.1, -0.05) is 13.3 Å². The smallest absolute Gasteiger partial charge is 0.410 e. The van der Waals surface area contributed by atoms with Crippen molar-refractivity contribution in [3.8, 4) is 0 Å². The molecule has 1 saturated heterocycles. The van der Waals surface area contributed by atoms with Gasteiger partial charge >= 0.3 is 6.09 Å². The Morgan fingerprint density at radius 3 is 2.94 bits per heavy atom. The molecule has 1 amide bonds. The second-order valence-corrected chi connectivity index (χ2v) is 5.37. The lowest BCUT2D eigenvalue weighted by Crippen LogP contribution is -2.54. The van der Waals surface area contributed by atoms with Crippen molar-refractivity contribution in [2.24, 2.45) is 5.92 Å². The van der Waals surface area contributed by atoms with Crippen LogP contribution < -0.4 is 0 Å². The number of amides is 1. The number of hydrogen-bond acceptors (Lipinski definition) is 3. The molecule has 0 unspecified atom stereocenters. The molecule has 1 aliphatic carbocycles. The van der Waals surface area contributed by atoms with E-state index in [9.17, 15) is 9.59 Å². The average molecular weight is 253 g/mol. The number of unbranched alkanes of at least 4 members (excludes halogenated alkanes) is 1. The standard InChI is InChI=1S/C14H23NO3/c1-2-3-10-18-14(17)15-9-5-7-11-6-4-8-12(16)13(11)15/h11,13H,2-10H2,1H3/t11-,13+/m1/s1. The number of Topliss-reactive ketones (excluding diaryl/α,β-unsaturated/α-hetero) is 1. The van der Waals surface area contributed by atoms with Crippen LogP contribution in [0.15, 0.2) is 0 Å². The molecule has 0 N–H and O–H groups in total. The van der Waals surface area contributed by atoms with Crippen LogP contribution in [0.4, 0.5) is 4.79 Å². The lowest BCUT2D eigenvalue weighted by atomic mass is 9.78. The fourth-order valence-corrected chi connectivity index (χ4v) is 3.09. The van der Waals surface area contributed by atoms with Crippen LogP contribution in [-0.4, -0.2) is 36.0 Å². The number of piperidine rings is 1. The molecule has 0 aromatic rings. The van der Waals surface area contributed by atoms with E-state index in [0.29, 0.717) is 25.5 Å². The van der Waals surface area contributed by atoms with Gasteiger partial charge in [0.15, 0.2) is 5.78 Å². The molecule has 18 heavy (non-hydrogen) atoms. The minimum absolute atomic E-state index is 0.193. The summed E-state index contributed by atoms with van der Waals surface area (Å²) >= 11 is 0. The fraction of sp³-hybridized carbons (Fsp3) is 0.857. The summed E-state index contributed by atoms with van der Waals surface area (Å²) in [7, 11) is 0. The molecule has 1 aliphatic heterocycles. The largest absolute Gasteiger partial charge is 0.449 e. The monoisotopic (exact) mass is 253 g/mol. The fourth-order valence-electron chi connectivity index (χ4n) is 3.09. The van der Waals surface area contributed by atoms with Crippen molar-refractivity contribution in [2.45, 2.75) is 57.9 Å². The zero-order valence-electron chi connectivity index (χ0n) is 11.2. The molecule has 0 aromatic heterocycles. The van der Waals surface area contributed by atoms with E-state index in [1.807, 2.05) is 0 Å². The molecule has 2 rings (SSSR count). The van der Waals surface area contributed by atoms with Crippen molar-refractivity contribution in [3.05, 3.63) is 0 Å². The predicted octanol–water partition coefficient (Wildman–Crippen LogP) is 2.76. The molecule has 1 saturated carbocycles. The quantitative estimate of drug-likeness (QED) is 0.727. The van der Waals surface area contributed by atoms with Crippen molar-refractivity contribution in [1.29, 1.82) is 0 Å². The van der Waals surface area contributed by atoms with E-state index < -0.39 is 0 Å². The summed E-state index contributed by atoms with van der Waals surface area (Å²) in [4.78, 5) is 25.7. The first kappa shape index (κ1) is 13.4. The van der Waals surface area contributed by atoms with Crippen LogP contribution in [0.5, 0.6) is 0 Å². The summed E-state index contributed by atoms with van der Waals surface area (Å²) < 4.78 is 5.25. The Labute approximate surface area is 109 Å². The molecular weight excluding hydrogens is 230 g/mol. The molecule has 2 fully saturated rings. The van der Waals surface area contributed by atoms with Crippen molar-refractivity contribution in [3.63, 3.8) is 0 Å². The maximum Gasteiger partial charge on any atom is 0.410 e. The number of rotatable bonds is 3. The van der Waals surface area contributed by atoms with Crippen LogP contribution in [0.2, 0.25) is 0 Å². The third-order valence-corrected chi connectivity index (χ3v) is 4.04. The number of nitrogens with zero attached hydrogens (tertiary/aromatic N) is 1. The number of ether oxygens (including phenoxy) is 1. The van der Waals surface area contributed by atoms with E-state index in [1.165, 1.54) is 0 Å². The van der Waals surface area contributed by atoms with Crippen LogP contribution in [0.3, 0.4) is 0 Å². The number of fused-ring (bicyclic) bond motifs is 1. The van der Waals surface area contributed by atoms with Gasteiger partial charge in [-0.05, 0) is 38.0 Å². The van der Waals surface area contributed by atoms with E-state index in [1.54, 1.807) is 4.90 Å². The highest BCUT2D eigenvalue weighted by molar-refractivity contribution is 5.88. The highest BCUT2D eigenvalue weighted by Crippen LogP contribution is 2.33. The Morgan fingerprint density at radius 1 is 1.39 bits per heavy atom. The molecule has 4 heteroatoms. The highest BCUT2D eigenvalue weighted by Gasteiger charge is 2.41. The molecule has 0 radical (unpaired) electrons. The maximum atomic E-state index is 12.0. The predicted molar refractivity (Wildman–Crippen MR) is 68.3 cm³/mol. The molecule has 2 aliphatic rings. The van der Waals surface area contributed by atoms with Gasteiger partial charge in [-0.3, -0.25) is 9.69 Å². The van der Waals surface area contributed by atoms with E-state index in [0.717, 1.165) is 38.5 Å². The van der Waals surface area contributed by atoms with Gasteiger partial charge in [-0.2, -0.15) is 0 Å². The SMILES string of the molecule is CCCCOC(=O)N1CCC[C@H]2CCCC(=O)[C@H]21. The molecule has 1 heterocycles. The zero-order valence-corrected chi connectivity index (χ0v) is 11.2. The Kier molecular flexibility index (Phi) is 4.61. The van der Waals surface area contributed by atoms with Gasteiger partial charge in [0.2, 0.25) is 0 Å². The van der Waals surface area contributed by atoms with Crippen LogP contribution >= 0.6 is 0 Å². The number of ketones is 1. The van der Waals surface area contributed by atoms with Crippen molar-refractivity contribution in [1.82, 2.24) is 4.90 Å². The van der Waals surface area contributed by atoms with Crippen LogP contribution in [0, 0.1) is 5.92 Å². The third-order valence-electron chi connectivity index (χ3n) is 4.04. The highest BCUT2D eigenvalue weighted by atomic mass is 16.6. The molecule has 102 valence electrons. The van der Waals surface area contributed by atoms with Crippen LogP contribution in [0.1, 0.15) is 51.9 Å². The molecule has 0 bridgehead atoms. The summed E-state index contributed by atoms with van der Waals surface area (Å²) in [5.74, 6) is 0.608. The third kappa shape index (κ3) is 2.85. The van der Waals surface area contributed by atoms with Gasteiger partial charge in [0.25, 0.3) is 0 Å². The van der Waals surface area contributed by atoms with Gasteiger partial charge in [-0.25, -0.2) is 4.79 Å². The Bertz CT molecular complexity index is 314. The minimum Gasteiger partial charge on any atom is -0.449 e. The van der Waals surface area contributed by atoms with Crippen molar-refractivity contribution >= 4 is 11.9 Å². The summed E-state index contributed by atoms with van der Waals surface area (Å²) in [6, 6.07) is -0.193. The first-order chi connectivity index (χ1) is 8.74. The average Bonchev–Trinajstić information content (AvgIpc) is 2.38. The second kappa shape index (κ2) is 6.21. The molecule has 4 nitrogen and oxygen atoms in total. The maximum absolute atomic E-state index is 12.0. The van der Waals surface area contributed by atoms with Crippen molar-refractivity contribution in [2.75, 3.05) is 13.2 Å².